The predicted octanol–water partition coefficient (Wildman–Crippen LogP) is 4.75. The molecule has 0 radical (unpaired) electrons. The summed E-state index contributed by atoms with van der Waals surface area (Å²) in [6, 6.07) is 11.8. The number of hydrogen-bond donors (Lipinski definition) is 1. The van der Waals surface area contributed by atoms with Crippen molar-refractivity contribution in [2.75, 3.05) is 6.54 Å². The highest BCUT2D eigenvalue weighted by Gasteiger charge is 2.17. The lowest BCUT2D eigenvalue weighted by Crippen LogP contribution is -2.23. The molecule has 1 nitrogen and oxygen atoms in total. The van der Waals surface area contributed by atoms with Gasteiger partial charge in [-0.05, 0) is 71.3 Å². The summed E-state index contributed by atoms with van der Waals surface area (Å²) >= 11 is 2.39. The molecule has 0 aromatic heterocycles. The average Bonchev–Trinajstić information content (AvgIpc) is 2.43. The SMILES string of the molecule is CCNC(c1ccc(F)c(C)c1)c1cccc(C)c1I. The maximum atomic E-state index is 13.5. The predicted molar refractivity (Wildman–Crippen MR) is 90.6 cm³/mol. The fourth-order valence-electron chi connectivity index (χ4n) is 2.35. The van der Waals surface area contributed by atoms with Crippen molar-refractivity contribution < 1.29 is 4.39 Å². The lowest BCUT2D eigenvalue weighted by molar-refractivity contribution is 0.605. The van der Waals surface area contributed by atoms with Crippen LogP contribution >= 0.6 is 22.6 Å². The molecule has 0 saturated carbocycles. The van der Waals surface area contributed by atoms with E-state index in [4.69, 9.17) is 0 Å². The molecule has 0 fully saturated rings. The topological polar surface area (TPSA) is 12.0 Å². The van der Waals surface area contributed by atoms with E-state index in [-0.39, 0.29) is 11.9 Å². The third-order valence-corrected chi connectivity index (χ3v) is 4.93. The first-order chi connectivity index (χ1) is 9.54. The van der Waals surface area contributed by atoms with Gasteiger partial charge in [-0.15, -0.1) is 0 Å². The first kappa shape index (κ1) is 15.4. The Morgan fingerprint density at radius 2 is 1.90 bits per heavy atom. The molecule has 1 unspecified atom stereocenters. The molecule has 0 heterocycles. The lowest BCUT2D eigenvalue weighted by atomic mass is 9.96. The molecule has 20 heavy (non-hydrogen) atoms. The van der Waals surface area contributed by atoms with Gasteiger partial charge in [0.15, 0.2) is 0 Å². The monoisotopic (exact) mass is 383 g/mol. The normalized spacial score (nSPS) is 12.4. The van der Waals surface area contributed by atoms with Crippen molar-refractivity contribution in [1.29, 1.82) is 0 Å². The fraction of sp³-hybridized carbons (Fsp3) is 0.294. The first-order valence-electron chi connectivity index (χ1n) is 6.79. The fourth-order valence-corrected chi connectivity index (χ4v) is 3.02. The Bertz CT molecular complexity index is 610. The molecule has 106 valence electrons. The van der Waals surface area contributed by atoms with Crippen molar-refractivity contribution in [2.45, 2.75) is 26.8 Å². The molecule has 2 aromatic rings. The number of hydrogen-bond acceptors (Lipinski definition) is 1. The Labute approximate surface area is 133 Å². The third kappa shape index (κ3) is 3.20. The van der Waals surface area contributed by atoms with E-state index >= 15 is 0 Å². The van der Waals surface area contributed by atoms with Gasteiger partial charge >= 0.3 is 0 Å². The van der Waals surface area contributed by atoms with Crippen LogP contribution in [0.5, 0.6) is 0 Å². The molecule has 2 rings (SSSR count). The van der Waals surface area contributed by atoms with Crippen LogP contribution in [0, 0.1) is 23.2 Å². The molecule has 0 amide bonds. The van der Waals surface area contributed by atoms with E-state index in [2.05, 4.69) is 60.0 Å². The summed E-state index contributed by atoms with van der Waals surface area (Å²) in [4.78, 5) is 0. The van der Waals surface area contributed by atoms with Gasteiger partial charge in [-0.2, -0.15) is 0 Å². The standard InChI is InChI=1S/C17H19FIN/c1-4-20-17(13-8-9-15(18)12(3)10-13)14-7-5-6-11(2)16(14)19/h5-10,17,20H,4H2,1-3H3. The van der Waals surface area contributed by atoms with Crippen LogP contribution in [0.2, 0.25) is 0 Å². The second-order valence-electron chi connectivity index (χ2n) is 4.98. The van der Waals surface area contributed by atoms with Crippen LogP contribution < -0.4 is 5.32 Å². The van der Waals surface area contributed by atoms with Crippen LogP contribution in [0.4, 0.5) is 4.39 Å². The molecule has 0 aliphatic rings. The highest BCUT2D eigenvalue weighted by atomic mass is 127. The van der Waals surface area contributed by atoms with Gasteiger partial charge in [0, 0.05) is 3.57 Å². The van der Waals surface area contributed by atoms with Crippen LogP contribution in [-0.4, -0.2) is 6.54 Å². The van der Waals surface area contributed by atoms with Gasteiger partial charge in [-0.25, -0.2) is 4.39 Å². The zero-order valence-electron chi connectivity index (χ0n) is 12.0. The van der Waals surface area contributed by atoms with Crippen molar-refractivity contribution in [3.8, 4) is 0 Å². The minimum absolute atomic E-state index is 0.103. The smallest absolute Gasteiger partial charge is 0.126 e. The van der Waals surface area contributed by atoms with E-state index in [1.807, 2.05) is 19.1 Å². The number of benzene rings is 2. The second-order valence-corrected chi connectivity index (χ2v) is 6.06. The Balaban J connectivity index is 2.50. The minimum Gasteiger partial charge on any atom is -0.306 e. The maximum Gasteiger partial charge on any atom is 0.126 e. The number of nitrogens with one attached hydrogen (secondary N) is 1. The van der Waals surface area contributed by atoms with E-state index in [9.17, 15) is 4.39 Å². The van der Waals surface area contributed by atoms with Crippen molar-refractivity contribution in [2.24, 2.45) is 0 Å². The molecule has 2 aromatic carbocycles. The summed E-state index contributed by atoms with van der Waals surface area (Å²) in [5.41, 5.74) is 4.31. The highest BCUT2D eigenvalue weighted by molar-refractivity contribution is 14.1. The molecule has 1 N–H and O–H groups in total. The molecule has 0 aliphatic carbocycles. The minimum atomic E-state index is -0.150. The summed E-state index contributed by atoms with van der Waals surface area (Å²) in [5.74, 6) is -0.150. The quantitative estimate of drug-likeness (QED) is 0.752. The summed E-state index contributed by atoms with van der Waals surface area (Å²) in [6.45, 7) is 6.88. The molecule has 0 bridgehead atoms. The molecule has 0 aliphatic heterocycles. The summed E-state index contributed by atoms with van der Waals surface area (Å²) < 4.78 is 14.7. The van der Waals surface area contributed by atoms with Gasteiger partial charge in [-0.1, -0.05) is 37.3 Å². The lowest BCUT2D eigenvalue weighted by Gasteiger charge is -2.21. The average molecular weight is 383 g/mol. The van der Waals surface area contributed by atoms with Crippen molar-refractivity contribution in [3.05, 3.63) is 68.0 Å². The van der Waals surface area contributed by atoms with Gasteiger partial charge in [0.05, 0.1) is 6.04 Å². The van der Waals surface area contributed by atoms with Crippen LogP contribution in [-0.2, 0) is 0 Å². The van der Waals surface area contributed by atoms with Crippen LogP contribution in [0.3, 0.4) is 0 Å². The van der Waals surface area contributed by atoms with E-state index in [0.29, 0.717) is 5.56 Å². The van der Waals surface area contributed by atoms with Crippen LogP contribution in [0.25, 0.3) is 0 Å². The van der Waals surface area contributed by atoms with E-state index in [1.165, 1.54) is 14.7 Å². The number of halogens is 2. The maximum absolute atomic E-state index is 13.5. The van der Waals surface area contributed by atoms with Crippen LogP contribution in [0.15, 0.2) is 36.4 Å². The number of rotatable bonds is 4. The molecule has 0 saturated heterocycles. The van der Waals surface area contributed by atoms with Gasteiger partial charge in [0.25, 0.3) is 0 Å². The Hall–Kier alpha value is -0.940. The molecular weight excluding hydrogens is 364 g/mol. The summed E-state index contributed by atoms with van der Waals surface area (Å²) in [5, 5.41) is 3.50. The largest absolute Gasteiger partial charge is 0.306 e. The second kappa shape index (κ2) is 6.68. The third-order valence-electron chi connectivity index (χ3n) is 3.46. The van der Waals surface area contributed by atoms with Crippen molar-refractivity contribution >= 4 is 22.6 Å². The van der Waals surface area contributed by atoms with E-state index in [0.717, 1.165) is 12.1 Å². The van der Waals surface area contributed by atoms with Gasteiger partial charge in [0.1, 0.15) is 5.82 Å². The Morgan fingerprint density at radius 3 is 2.55 bits per heavy atom. The Morgan fingerprint density at radius 1 is 1.15 bits per heavy atom. The van der Waals surface area contributed by atoms with Gasteiger partial charge in [-0.3, -0.25) is 0 Å². The zero-order chi connectivity index (χ0) is 14.7. The van der Waals surface area contributed by atoms with E-state index in [1.54, 1.807) is 6.07 Å². The van der Waals surface area contributed by atoms with Gasteiger partial charge in [0.2, 0.25) is 0 Å². The highest BCUT2D eigenvalue weighted by Crippen LogP contribution is 2.29. The zero-order valence-corrected chi connectivity index (χ0v) is 14.2. The molecule has 1 atom stereocenters. The molecule has 3 heteroatoms. The summed E-state index contributed by atoms with van der Waals surface area (Å²) in [6.07, 6.45) is 0. The van der Waals surface area contributed by atoms with Crippen molar-refractivity contribution in [3.63, 3.8) is 0 Å². The molecule has 0 spiro atoms. The first-order valence-corrected chi connectivity index (χ1v) is 7.87. The van der Waals surface area contributed by atoms with E-state index < -0.39 is 0 Å². The summed E-state index contributed by atoms with van der Waals surface area (Å²) in [7, 11) is 0. The number of aryl methyl sites for hydroxylation is 2. The van der Waals surface area contributed by atoms with Gasteiger partial charge < -0.3 is 5.32 Å². The molecular formula is C17H19FIN. The van der Waals surface area contributed by atoms with Crippen molar-refractivity contribution in [1.82, 2.24) is 5.32 Å². The van der Waals surface area contributed by atoms with Crippen LogP contribution in [0.1, 0.15) is 35.2 Å². The Kier molecular flexibility index (Phi) is 5.16.